The van der Waals surface area contributed by atoms with Crippen LogP contribution >= 0.6 is 23.4 Å². The number of hydrogen-bond acceptors (Lipinski definition) is 2. The summed E-state index contributed by atoms with van der Waals surface area (Å²) in [4.78, 5) is 1.21. The van der Waals surface area contributed by atoms with Gasteiger partial charge in [-0.3, -0.25) is 0 Å². The maximum Gasteiger partial charge on any atom is 0.0545 e. The van der Waals surface area contributed by atoms with Crippen LogP contribution in [-0.2, 0) is 6.54 Å². The molecule has 1 aromatic rings. The molecule has 2 rings (SSSR count). The maximum absolute atomic E-state index is 6.25. The smallest absolute Gasteiger partial charge is 0.0545 e. The van der Waals surface area contributed by atoms with Crippen molar-refractivity contribution in [2.75, 3.05) is 0 Å². The molecule has 0 spiro atoms. The first-order chi connectivity index (χ1) is 7.81. The molecule has 0 amide bonds. The molecule has 0 unspecified atom stereocenters. The zero-order chi connectivity index (χ0) is 11.4. The molecule has 16 heavy (non-hydrogen) atoms. The van der Waals surface area contributed by atoms with Crippen LogP contribution in [0, 0.1) is 0 Å². The van der Waals surface area contributed by atoms with Crippen molar-refractivity contribution >= 4 is 23.4 Å². The fourth-order valence-corrected chi connectivity index (χ4v) is 3.91. The lowest BCUT2D eigenvalue weighted by molar-refractivity contribution is 0.516. The lowest BCUT2D eigenvalue weighted by Crippen LogP contribution is -2.09. The molecule has 2 N–H and O–H groups in total. The summed E-state index contributed by atoms with van der Waals surface area (Å²) in [5.74, 6) is 0. The second kappa shape index (κ2) is 5.95. The van der Waals surface area contributed by atoms with Crippen molar-refractivity contribution in [2.45, 2.75) is 48.8 Å². The van der Waals surface area contributed by atoms with Crippen LogP contribution in [0.3, 0.4) is 0 Å². The monoisotopic (exact) mass is 255 g/mol. The first-order valence-corrected chi connectivity index (χ1v) is 7.21. The molecule has 0 heterocycles. The largest absolute Gasteiger partial charge is 0.326 e. The Kier molecular flexibility index (Phi) is 4.56. The molecule has 0 aliphatic heterocycles. The van der Waals surface area contributed by atoms with Crippen LogP contribution in [0.25, 0.3) is 0 Å². The molecule has 88 valence electrons. The Morgan fingerprint density at radius 1 is 1.25 bits per heavy atom. The van der Waals surface area contributed by atoms with E-state index in [2.05, 4.69) is 6.07 Å². The zero-order valence-electron chi connectivity index (χ0n) is 9.42. The Bertz CT molecular complexity index is 348. The minimum atomic E-state index is 0.579. The van der Waals surface area contributed by atoms with Crippen molar-refractivity contribution in [3.05, 3.63) is 28.8 Å². The molecule has 1 aliphatic rings. The summed E-state index contributed by atoms with van der Waals surface area (Å²) < 4.78 is 0. The van der Waals surface area contributed by atoms with Crippen LogP contribution in [0.2, 0.25) is 5.02 Å². The molecule has 0 saturated heterocycles. The van der Waals surface area contributed by atoms with Crippen LogP contribution in [0.5, 0.6) is 0 Å². The van der Waals surface area contributed by atoms with E-state index in [1.807, 2.05) is 23.9 Å². The van der Waals surface area contributed by atoms with E-state index in [4.69, 9.17) is 17.3 Å². The lowest BCUT2D eigenvalue weighted by Gasteiger charge is -2.22. The highest BCUT2D eigenvalue weighted by Crippen LogP contribution is 2.38. The van der Waals surface area contributed by atoms with Crippen molar-refractivity contribution in [2.24, 2.45) is 5.73 Å². The topological polar surface area (TPSA) is 26.0 Å². The summed E-state index contributed by atoms with van der Waals surface area (Å²) in [7, 11) is 0. The van der Waals surface area contributed by atoms with Crippen LogP contribution in [-0.4, -0.2) is 5.25 Å². The molecule has 1 nitrogen and oxygen atoms in total. The minimum absolute atomic E-state index is 0.579. The number of benzene rings is 1. The molecule has 1 fully saturated rings. The molecular weight excluding hydrogens is 238 g/mol. The van der Waals surface area contributed by atoms with Gasteiger partial charge in [-0.15, -0.1) is 11.8 Å². The summed E-state index contributed by atoms with van der Waals surface area (Å²) in [6, 6.07) is 6.03. The molecule has 0 atom stereocenters. The zero-order valence-corrected chi connectivity index (χ0v) is 11.0. The predicted octanol–water partition coefficient (Wildman–Crippen LogP) is 4.22. The molecule has 3 heteroatoms. The molecular formula is C13H18ClNS. The highest BCUT2D eigenvalue weighted by atomic mass is 35.5. The van der Waals surface area contributed by atoms with Gasteiger partial charge in [0.05, 0.1) is 5.02 Å². The average molecular weight is 256 g/mol. The number of nitrogens with two attached hydrogens (primary N) is 1. The van der Waals surface area contributed by atoms with E-state index >= 15 is 0 Å². The number of thioether (sulfide) groups is 1. The fraction of sp³-hybridized carbons (Fsp3) is 0.538. The molecule has 0 radical (unpaired) electrons. The summed E-state index contributed by atoms with van der Waals surface area (Å²) in [5.41, 5.74) is 6.94. The Hall–Kier alpha value is -0.180. The Morgan fingerprint density at radius 2 is 2.00 bits per heavy atom. The maximum atomic E-state index is 6.25. The van der Waals surface area contributed by atoms with Crippen molar-refractivity contribution in [3.63, 3.8) is 0 Å². The Balaban J connectivity index is 2.12. The van der Waals surface area contributed by atoms with Crippen LogP contribution < -0.4 is 5.73 Å². The van der Waals surface area contributed by atoms with Gasteiger partial charge in [0.1, 0.15) is 0 Å². The third-order valence-corrected chi connectivity index (χ3v) is 5.05. The van der Waals surface area contributed by atoms with Gasteiger partial charge in [-0.05, 0) is 24.5 Å². The van der Waals surface area contributed by atoms with E-state index in [9.17, 15) is 0 Å². The Morgan fingerprint density at radius 3 is 2.69 bits per heavy atom. The second-order valence-corrected chi connectivity index (χ2v) is 6.03. The summed E-state index contributed by atoms with van der Waals surface area (Å²) in [6.07, 6.45) is 6.75. The van der Waals surface area contributed by atoms with Crippen molar-refractivity contribution in [1.29, 1.82) is 0 Å². The van der Waals surface area contributed by atoms with E-state index < -0.39 is 0 Å². The normalized spacial score (nSPS) is 17.6. The Labute approximate surface area is 107 Å². The first-order valence-electron chi connectivity index (χ1n) is 5.95. The van der Waals surface area contributed by atoms with Crippen LogP contribution in [0.4, 0.5) is 0 Å². The number of hydrogen-bond donors (Lipinski definition) is 1. The van der Waals surface area contributed by atoms with Crippen molar-refractivity contribution in [3.8, 4) is 0 Å². The summed E-state index contributed by atoms with van der Waals surface area (Å²) in [5, 5.41) is 1.59. The van der Waals surface area contributed by atoms with Crippen molar-refractivity contribution < 1.29 is 0 Å². The van der Waals surface area contributed by atoms with Gasteiger partial charge in [0.15, 0.2) is 0 Å². The highest BCUT2D eigenvalue weighted by molar-refractivity contribution is 8.00. The highest BCUT2D eigenvalue weighted by Gasteiger charge is 2.17. The van der Waals surface area contributed by atoms with E-state index in [1.54, 1.807) is 0 Å². The van der Waals surface area contributed by atoms with Gasteiger partial charge in [-0.25, -0.2) is 0 Å². The van der Waals surface area contributed by atoms with Gasteiger partial charge in [0.2, 0.25) is 0 Å². The van der Waals surface area contributed by atoms with E-state index in [0.717, 1.165) is 10.3 Å². The average Bonchev–Trinajstić information content (AvgIpc) is 2.33. The predicted molar refractivity (Wildman–Crippen MR) is 72.1 cm³/mol. The van der Waals surface area contributed by atoms with Crippen molar-refractivity contribution in [1.82, 2.24) is 0 Å². The molecule has 0 aromatic heterocycles. The summed E-state index contributed by atoms with van der Waals surface area (Å²) >= 11 is 8.18. The van der Waals surface area contributed by atoms with Gasteiger partial charge >= 0.3 is 0 Å². The number of halogens is 1. The van der Waals surface area contributed by atoms with Gasteiger partial charge in [0, 0.05) is 16.7 Å². The summed E-state index contributed by atoms with van der Waals surface area (Å²) in [6.45, 7) is 0.579. The molecule has 1 saturated carbocycles. The van der Waals surface area contributed by atoms with Gasteiger partial charge in [0.25, 0.3) is 0 Å². The minimum Gasteiger partial charge on any atom is -0.326 e. The van der Waals surface area contributed by atoms with E-state index in [-0.39, 0.29) is 0 Å². The SMILES string of the molecule is NCc1cccc(Cl)c1SC1CCCCC1. The third-order valence-electron chi connectivity index (χ3n) is 3.11. The third kappa shape index (κ3) is 2.93. The quantitative estimate of drug-likeness (QED) is 0.875. The molecule has 1 aromatic carbocycles. The molecule has 1 aliphatic carbocycles. The van der Waals surface area contributed by atoms with E-state index in [1.165, 1.54) is 42.6 Å². The number of rotatable bonds is 3. The second-order valence-electron chi connectivity index (χ2n) is 4.31. The van der Waals surface area contributed by atoms with Crippen LogP contribution in [0.15, 0.2) is 23.1 Å². The lowest BCUT2D eigenvalue weighted by atomic mass is 10.0. The van der Waals surface area contributed by atoms with Crippen LogP contribution in [0.1, 0.15) is 37.7 Å². The molecule has 0 bridgehead atoms. The van der Waals surface area contributed by atoms with Gasteiger partial charge < -0.3 is 5.73 Å². The van der Waals surface area contributed by atoms with Gasteiger partial charge in [-0.2, -0.15) is 0 Å². The van der Waals surface area contributed by atoms with Gasteiger partial charge in [-0.1, -0.05) is 43.0 Å². The van der Waals surface area contributed by atoms with E-state index in [0.29, 0.717) is 6.54 Å². The first kappa shape index (κ1) is 12.3. The standard InChI is InChI=1S/C13H18ClNS/c14-12-8-4-5-10(9-15)13(12)16-11-6-2-1-3-7-11/h4-5,8,11H,1-3,6-7,9,15H2. The fourth-order valence-electron chi connectivity index (χ4n) is 2.20.